The Morgan fingerprint density at radius 1 is 0.929 bits per heavy atom. The molecule has 3 aromatic carbocycles. The molecule has 3 aromatic rings. The number of methoxy groups -OCH3 is 1. The van der Waals surface area contributed by atoms with Crippen molar-refractivity contribution in [1.82, 2.24) is 10.2 Å². The van der Waals surface area contributed by atoms with Gasteiger partial charge in [-0.15, -0.1) is 0 Å². The Labute approximate surface area is 249 Å². The molecular weight excluding hydrogens is 550 g/mol. The fourth-order valence-corrected chi connectivity index (χ4v) is 6.30. The summed E-state index contributed by atoms with van der Waals surface area (Å²) in [5, 5.41) is 3.22. The van der Waals surface area contributed by atoms with Crippen molar-refractivity contribution in [3.05, 3.63) is 95.6 Å². The third kappa shape index (κ3) is 8.58. The van der Waals surface area contributed by atoms with Crippen LogP contribution in [0, 0.1) is 6.92 Å². The SMILES string of the molecule is COc1cccc(CN(C(=O)CN(c2cccc(C)c2)S(C)(=O)=O)[C@H](Cc2ccccc2)C(=O)NC2CCCCC2)c1. The van der Waals surface area contributed by atoms with Crippen molar-refractivity contribution in [2.75, 3.05) is 24.2 Å². The number of aryl methyl sites for hydroxylation is 1. The van der Waals surface area contributed by atoms with Crippen LogP contribution in [0.2, 0.25) is 0 Å². The molecule has 0 unspecified atom stereocenters. The van der Waals surface area contributed by atoms with Crippen molar-refractivity contribution in [3.63, 3.8) is 0 Å². The molecule has 9 heteroatoms. The van der Waals surface area contributed by atoms with E-state index in [2.05, 4.69) is 5.32 Å². The minimum Gasteiger partial charge on any atom is -0.497 e. The second-order valence-corrected chi connectivity index (χ2v) is 12.9. The Kier molecular flexibility index (Phi) is 10.6. The van der Waals surface area contributed by atoms with Gasteiger partial charge in [0.25, 0.3) is 0 Å². The highest BCUT2D eigenvalue weighted by Gasteiger charge is 2.34. The van der Waals surface area contributed by atoms with Crippen molar-refractivity contribution in [1.29, 1.82) is 0 Å². The molecule has 0 heterocycles. The van der Waals surface area contributed by atoms with E-state index in [-0.39, 0.29) is 18.5 Å². The zero-order valence-corrected chi connectivity index (χ0v) is 25.5. The summed E-state index contributed by atoms with van der Waals surface area (Å²) in [6, 6.07) is 23.2. The highest BCUT2D eigenvalue weighted by Crippen LogP contribution is 2.23. The molecule has 0 spiro atoms. The molecule has 2 amide bonds. The minimum atomic E-state index is -3.81. The normalized spacial score (nSPS) is 14.5. The Hall–Kier alpha value is -3.85. The topological polar surface area (TPSA) is 96.0 Å². The number of nitrogens with zero attached hydrogens (tertiary/aromatic N) is 2. The van der Waals surface area contributed by atoms with Crippen molar-refractivity contribution in [2.45, 2.75) is 64.1 Å². The summed E-state index contributed by atoms with van der Waals surface area (Å²) in [4.78, 5) is 29.8. The number of carbonyl (C=O) groups excluding carboxylic acids is 2. The van der Waals surface area contributed by atoms with E-state index in [4.69, 9.17) is 4.74 Å². The van der Waals surface area contributed by atoms with Crippen LogP contribution in [0.15, 0.2) is 78.9 Å². The fraction of sp³-hybridized carbons (Fsp3) is 0.394. The predicted octanol–water partition coefficient (Wildman–Crippen LogP) is 4.86. The third-order valence-corrected chi connectivity index (χ3v) is 8.82. The Morgan fingerprint density at radius 3 is 2.29 bits per heavy atom. The lowest BCUT2D eigenvalue weighted by Gasteiger charge is -2.35. The number of rotatable bonds is 12. The van der Waals surface area contributed by atoms with Gasteiger partial charge in [-0.05, 0) is 60.7 Å². The first kappa shape index (κ1) is 31.1. The molecule has 4 rings (SSSR count). The van der Waals surface area contributed by atoms with E-state index >= 15 is 0 Å². The van der Waals surface area contributed by atoms with Gasteiger partial charge in [0.15, 0.2) is 0 Å². The van der Waals surface area contributed by atoms with Crippen LogP contribution >= 0.6 is 0 Å². The third-order valence-electron chi connectivity index (χ3n) is 7.68. The van der Waals surface area contributed by atoms with Gasteiger partial charge in [0.2, 0.25) is 21.8 Å². The van der Waals surface area contributed by atoms with Gasteiger partial charge in [0, 0.05) is 19.0 Å². The van der Waals surface area contributed by atoms with E-state index in [1.165, 1.54) is 4.90 Å². The summed E-state index contributed by atoms with van der Waals surface area (Å²) in [5.41, 5.74) is 2.95. The minimum absolute atomic E-state index is 0.0538. The lowest BCUT2D eigenvalue weighted by Crippen LogP contribution is -2.55. The Balaban J connectivity index is 1.73. The zero-order chi connectivity index (χ0) is 30.1. The van der Waals surface area contributed by atoms with E-state index in [0.29, 0.717) is 17.9 Å². The van der Waals surface area contributed by atoms with Crippen molar-refractivity contribution < 1.29 is 22.7 Å². The smallest absolute Gasteiger partial charge is 0.244 e. The first-order valence-corrected chi connectivity index (χ1v) is 16.3. The average molecular weight is 592 g/mol. The molecule has 0 aromatic heterocycles. The molecule has 1 aliphatic rings. The molecule has 0 saturated heterocycles. The number of amides is 2. The van der Waals surface area contributed by atoms with Crippen LogP contribution in [0.3, 0.4) is 0 Å². The van der Waals surface area contributed by atoms with E-state index in [1.807, 2.05) is 67.6 Å². The summed E-state index contributed by atoms with van der Waals surface area (Å²) in [6.45, 7) is 1.54. The Morgan fingerprint density at radius 2 is 1.62 bits per heavy atom. The van der Waals surface area contributed by atoms with Crippen LogP contribution < -0.4 is 14.4 Å². The van der Waals surface area contributed by atoms with Crippen LogP contribution in [0.25, 0.3) is 0 Å². The van der Waals surface area contributed by atoms with Gasteiger partial charge in [-0.1, -0.05) is 73.9 Å². The number of nitrogens with one attached hydrogen (secondary N) is 1. The molecule has 1 saturated carbocycles. The maximum Gasteiger partial charge on any atom is 0.244 e. The van der Waals surface area contributed by atoms with Gasteiger partial charge in [-0.25, -0.2) is 8.42 Å². The molecule has 1 atom stereocenters. The fourth-order valence-electron chi connectivity index (χ4n) is 5.46. The predicted molar refractivity (Wildman–Crippen MR) is 166 cm³/mol. The number of sulfonamides is 1. The molecule has 0 aliphatic heterocycles. The number of carbonyl (C=O) groups is 2. The number of hydrogen-bond acceptors (Lipinski definition) is 5. The zero-order valence-electron chi connectivity index (χ0n) is 24.7. The summed E-state index contributed by atoms with van der Waals surface area (Å²) in [6.07, 6.45) is 6.46. The highest BCUT2D eigenvalue weighted by atomic mass is 32.2. The summed E-state index contributed by atoms with van der Waals surface area (Å²) >= 11 is 0. The molecule has 1 aliphatic carbocycles. The summed E-state index contributed by atoms with van der Waals surface area (Å²) in [5.74, 6) is -0.0726. The first-order chi connectivity index (χ1) is 20.1. The van der Waals surface area contributed by atoms with Crippen LogP contribution in [-0.2, 0) is 32.6 Å². The molecule has 1 N–H and O–H groups in total. The summed E-state index contributed by atoms with van der Waals surface area (Å²) < 4.78 is 32.4. The van der Waals surface area contributed by atoms with Crippen molar-refractivity contribution in [3.8, 4) is 5.75 Å². The molecule has 1 fully saturated rings. The number of ether oxygens (including phenoxy) is 1. The van der Waals surface area contributed by atoms with Crippen LogP contribution in [-0.4, -0.2) is 57.1 Å². The molecule has 224 valence electrons. The maximum absolute atomic E-state index is 14.3. The molecule has 0 bridgehead atoms. The standard InChI is InChI=1S/C33H41N3O5S/c1-25-12-10-18-29(20-25)36(42(3,39)40)24-32(37)35(23-27-15-11-19-30(21-27)41-2)31(22-26-13-6-4-7-14-26)33(38)34-28-16-8-5-9-17-28/h4,6-7,10-15,18-21,28,31H,5,8-9,16-17,22-24H2,1-3H3,(H,34,38)/t31-/m1/s1. The van der Waals surface area contributed by atoms with E-state index < -0.39 is 28.5 Å². The lowest BCUT2D eigenvalue weighted by molar-refractivity contribution is -0.140. The van der Waals surface area contributed by atoms with Crippen LogP contribution in [0.4, 0.5) is 5.69 Å². The van der Waals surface area contributed by atoms with Crippen molar-refractivity contribution in [2.24, 2.45) is 0 Å². The van der Waals surface area contributed by atoms with Gasteiger partial charge in [0.05, 0.1) is 19.1 Å². The van der Waals surface area contributed by atoms with Gasteiger partial charge >= 0.3 is 0 Å². The lowest BCUT2D eigenvalue weighted by atomic mass is 9.94. The molecule has 0 radical (unpaired) electrons. The monoisotopic (exact) mass is 591 g/mol. The van der Waals surface area contributed by atoms with Gasteiger partial charge in [0.1, 0.15) is 18.3 Å². The summed E-state index contributed by atoms with van der Waals surface area (Å²) in [7, 11) is -2.24. The Bertz CT molecular complexity index is 1460. The molecule has 8 nitrogen and oxygen atoms in total. The highest BCUT2D eigenvalue weighted by molar-refractivity contribution is 7.92. The van der Waals surface area contributed by atoms with Crippen molar-refractivity contribution >= 4 is 27.5 Å². The van der Waals surface area contributed by atoms with E-state index in [1.54, 1.807) is 25.3 Å². The van der Waals surface area contributed by atoms with E-state index in [0.717, 1.165) is 59.4 Å². The number of hydrogen-bond donors (Lipinski definition) is 1. The van der Waals surface area contributed by atoms with E-state index in [9.17, 15) is 18.0 Å². The second kappa shape index (κ2) is 14.4. The number of anilines is 1. The quantitative estimate of drug-likeness (QED) is 0.325. The number of benzene rings is 3. The van der Waals surface area contributed by atoms with Crippen LogP contribution in [0.1, 0.15) is 48.8 Å². The second-order valence-electron chi connectivity index (χ2n) is 11.0. The van der Waals surface area contributed by atoms with Crippen LogP contribution in [0.5, 0.6) is 5.75 Å². The molecular formula is C33H41N3O5S. The first-order valence-electron chi connectivity index (χ1n) is 14.4. The van der Waals surface area contributed by atoms with Gasteiger partial charge < -0.3 is 15.0 Å². The van der Waals surface area contributed by atoms with Gasteiger partial charge in [-0.3, -0.25) is 13.9 Å². The average Bonchev–Trinajstić information content (AvgIpc) is 2.98. The molecule has 42 heavy (non-hydrogen) atoms. The van der Waals surface area contributed by atoms with Gasteiger partial charge in [-0.2, -0.15) is 0 Å². The largest absolute Gasteiger partial charge is 0.497 e. The maximum atomic E-state index is 14.3.